The molecule has 4 aromatic carbocycles. The Morgan fingerprint density at radius 3 is 1.73 bits per heavy atom. The lowest BCUT2D eigenvalue weighted by molar-refractivity contribution is 0.0964. The molecule has 0 aliphatic heterocycles. The molecule has 0 fully saturated rings. The van der Waals surface area contributed by atoms with Crippen molar-refractivity contribution < 1.29 is 29.0 Å². The Balaban J connectivity index is 0.000000212. The Labute approximate surface area is 307 Å². The largest absolute Gasteiger partial charge is 0.508 e. The summed E-state index contributed by atoms with van der Waals surface area (Å²) in [7, 11) is 0. The minimum atomic E-state index is 0. The van der Waals surface area contributed by atoms with Crippen LogP contribution in [-0.2, 0) is 24.8 Å². The Hall–Kier alpha value is -3.40. The van der Waals surface area contributed by atoms with Crippen molar-refractivity contribution in [2.75, 3.05) is 0 Å². The standard InChI is InChI=1S/C19H17BrO3.C10H10O2.C9H8Br2O.CH4/c1-12(21)14-6-8-18(20)15(9-14)11-23-16-7-5-13-3-2-4-19(22)17(13)10-16;11-8-5-4-7-2-1-3-10(12)9(7)6-8;1-6(12)7-2-3-9(11)8(4-7)5-10;/h5-10H,2-4,11H2,1H3;4-6,11H,1-3H2;2-4H,5H2,1H3;1H4. The van der Waals surface area contributed by atoms with Crippen LogP contribution in [0.1, 0.15) is 111 Å². The van der Waals surface area contributed by atoms with Crippen molar-refractivity contribution in [2.24, 2.45) is 0 Å². The van der Waals surface area contributed by atoms with E-state index in [0.717, 1.165) is 73.3 Å². The van der Waals surface area contributed by atoms with Gasteiger partial charge in [-0.05, 0) is 105 Å². The Morgan fingerprint density at radius 2 is 1.19 bits per heavy atom. The SMILES string of the molecule is C.CC(=O)c1ccc(Br)c(CBr)c1.CC(=O)c1ccc(Br)c(COc2ccc3c(c2)C(=O)CCC3)c1.O=C1CCCc2ccc(O)cc21. The van der Waals surface area contributed by atoms with E-state index in [1.165, 1.54) is 0 Å². The van der Waals surface area contributed by atoms with E-state index in [2.05, 4.69) is 47.8 Å². The Bertz CT molecular complexity index is 1810. The summed E-state index contributed by atoms with van der Waals surface area (Å²) in [6.07, 6.45) is 5.02. The molecule has 0 atom stereocenters. The van der Waals surface area contributed by atoms with E-state index >= 15 is 0 Å². The number of hydrogen-bond acceptors (Lipinski definition) is 6. The molecule has 0 saturated carbocycles. The monoisotopic (exact) mass is 840 g/mol. The number of fused-ring (bicyclic) bond motifs is 2. The number of aryl methyl sites for hydroxylation is 2. The van der Waals surface area contributed by atoms with Gasteiger partial charge in [0.15, 0.2) is 23.1 Å². The quantitative estimate of drug-likeness (QED) is 0.153. The van der Waals surface area contributed by atoms with Crippen LogP contribution in [0.15, 0.2) is 81.7 Å². The van der Waals surface area contributed by atoms with Crippen molar-refractivity contribution in [2.45, 2.75) is 71.7 Å². The molecule has 252 valence electrons. The van der Waals surface area contributed by atoms with Gasteiger partial charge in [0.1, 0.15) is 18.1 Å². The molecular formula is C39H39Br3O6. The number of Topliss-reactive ketones (excluding diaryl/α,β-unsaturated/α-hetero) is 4. The fourth-order valence-corrected chi connectivity index (χ4v) is 6.86. The Morgan fingerprint density at radius 1 is 0.688 bits per heavy atom. The number of carbonyl (C=O) groups is 4. The molecule has 0 bridgehead atoms. The Kier molecular flexibility index (Phi) is 15.0. The number of ether oxygens (including phenoxy) is 1. The highest BCUT2D eigenvalue weighted by Crippen LogP contribution is 2.28. The number of hydrogen-bond donors (Lipinski definition) is 1. The van der Waals surface area contributed by atoms with Gasteiger partial charge in [-0.25, -0.2) is 0 Å². The number of phenolic OH excluding ortho intramolecular Hbond substituents is 1. The predicted octanol–water partition coefficient (Wildman–Crippen LogP) is 10.8. The van der Waals surface area contributed by atoms with E-state index in [1.54, 1.807) is 32.0 Å². The maximum absolute atomic E-state index is 12.0. The molecule has 1 N–H and O–H groups in total. The predicted molar refractivity (Wildman–Crippen MR) is 201 cm³/mol. The molecule has 4 aromatic rings. The zero-order valence-electron chi connectivity index (χ0n) is 26.2. The average Bonchev–Trinajstić information content (AvgIpc) is 3.05. The summed E-state index contributed by atoms with van der Waals surface area (Å²) in [4.78, 5) is 45.8. The zero-order chi connectivity index (χ0) is 34.1. The van der Waals surface area contributed by atoms with Crippen LogP contribution in [0.25, 0.3) is 0 Å². The molecular weight excluding hydrogens is 804 g/mol. The van der Waals surface area contributed by atoms with Crippen molar-refractivity contribution in [3.05, 3.63) is 126 Å². The van der Waals surface area contributed by atoms with E-state index in [1.807, 2.05) is 54.6 Å². The van der Waals surface area contributed by atoms with Gasteiger partial charge in [-0.3, -0.25) is 19.2 Å². The molecule has 48 heavy (non-hydrogen) atoms. The smallest absolute Gasteiger partial charge is 0.163 e. The topological polar surface area (TPSA) is 97.7 Å². The van der Waals surface area contributed by atoms with Crippen molar-refractivity contribution >= 4 is 70.9 Å². The average molecular weight is 843 g/mol. The number of rotatable bonds is 6. The molecule has 0 unspecified atom stereocenters. The number of aromatic hydroxyl groups is 1. The molecule has 0 heterocycles. The second-order valence-corrected chi connectivity index (χ2v) is 13.6. The number of benzene rings is 4. The van der Waals surface area contributed by atoms with Crippen molar-refractivity contribution in [1.29, 1.82) is 0 Å². The minimum absolute atomic E-state index is 0. The van der Waals surface area contributed by atoms with Crippen LogP contribution in [-0.4, -0.2) is 28.2 Å². The third-order valence-corrected chi connectivity index (χ3v) is 10.1. The van der Waals surface area contributed by atoms with Gasteiger partial charge in [0.05, 0.1) is 0 Å². The van der Waals surface area contributed by atoms with Gasteiger partial charge >= 0.3 is 0 Å². The first kappa shape index (κ1) is 39.0. The zero-order valence-corrected chi connectivity index (χ0v) is 31.0. The molecule has 0 radical (unpaired) electrons. The number of phenols is 1. The molecule has 0 saturated heterocycles. The number of halogens is 3. The summed E-state index contributed by atoms with van der Waals surface area (Å²) < 4.78 is 7.76. The maximum Gasteiger partial charge on any atom is 0.163 e. The summed E-state index contributed by atoms with van der Waals surface area (Å²) in [5.41, 5.74) is 7.09. The van der Waals surface area contributed by atoms with E-state index < -0.39 is 0 Å². The van der Waals surface area contributed by atoms with Crippen LogP contribution in [0.3, 0.4) is 0 Å². The van der Waals surface area contributed by atoms with Crippen molar-refractivity contribution in [3.8, 4) is 11.5 Å². The van der Waals surface area contributed by atoms with Gasteiger partial charge in [0.2, 0.25) is 0 Å². The lowest BCUT2D eigenvalue weighted by Crippen LogP contribution is -2.11. The van der Waals surface area contributed by atoms with Crippen LogP contribution in [0.5, 0.6) is 11.5 Å². The third kappa shape index (κ3) is 10.5. The van der Waals surface area contributed by atoms with Crippen LogP contribution >= 0.6 is 47.8 Å². The maximum atomic E-state index is 12.0. The van der Waals surface area contributed by atoms with Crippen LogP contribution in [0.2, 0.25) is 0 Å². The molecule has 9 heteroatoms. The molecule has 0 amide bonds. The molecule has 6 rings (SSSR count). The van der Waals surface area contributed by atoms with Gasteiger partial charge in [-0.1, -0.05) is 79.5 Å². The molecule has 0 aromatic heterocycles. The van der Waals surface area contributed by atoms with Gasteiger partial charge < -0.3 is 9.84 Å². The van der Waals surface area contributed by atoms with Crippen LogP contribution in [0, 0.1) is 0 Å². The number of ketones is 4. The van der Waals surface area contributed by atoms with E-state index in [-0.39, 0.29) is 36.3 Å². The molecule has 2 aliphatic carbocycles. The second-order valence-electron chi connectivity index (χ2n) is 11.4. The summed E-state index contributed by atoms with van der Waals surface area (Å²) in [5.74, 6) is 1.34. The molecule has 0 spiro atoms. The fourth-order valence-electron chi connectivity index (χ4n) is 5.27. The molecule has 2 aliphatic rings. The van der Waals surface area contributed by atoms with Crippen molar-refractivity contribution in [1.82, 2.24) is 0 Å². The number of alkyl halides is 1. The highest BCUT2D eigenvalue weighted by Gasteiger charge is 2.18. The number of carbonyl (C=O) groups excluding carboxylic acids is 4. The summed E-state index contributed by atoms with van der Waals surface area (Å²) in [5, 5.41) is 9.91. The minimum Gasteiger partial charge on any atom is -0.508 e. The summed E-state index contributed by atoms with van der Waals surface area (Å²) in [6.45, 7) is 3.46. The third-order valence-electron chi connectivity index (χ3n) is 7.92. The first-order valence-corrected chi connectivity index (χ1v) is 18.0. The molecule has 6 nitrogen and oxygen atoms in total. The van der Waals surface area contributed by atoms with Gasteiger partial charge in [-0.15, -0.1) is 0 Å². The summed E-state index contributed by atoms with van der Waals surface area (Å²) in [6, 6.07) is 21.8. The first-order chi connectivity index (χ1) is 22.5. The van der Waals surface area contributed by atoms with Gasteiger partial charge in [0, 0.05) is 54.9 Å². The van der Waals surface area contributed by atoms with Gasteiger partial charge in [-0.2, -0.15) is 0 Å². The lowest BCUT2D eigenvalue weighted by atomic mass is 9.90. The van der Waals surface area contributed by atoms with E-state index in [0.29, 0.717) is 36.3 Å². The first-order valence-electron chi connectivity index (χ1n) is 15.3. The summed E-state index contributed by atoms with van der Waals surface area (Å²) >= 11 is 10.2. The van der Waals surface area contributed by atoms with Crippen LogP contribution < -0.4 is 4.74 Å². The highest BCUT2D eigenvalue weighted by atomic mass is 79.9. The van der Waals surface area contributed by atoms with E-state index in [9.17, 15) is 19.2 Å². The normalized spacial score (nSPS) is 12.9. The van der Waals surface area contributed by atoms with Gasteiger partial charge in [0.25, 0.3) is 0 Å². The van der Waals surface area contributed by atoms with Crippen molar-refractivity contribution in [3.63, 3.8) is 0 Å². The van der Waals surface area contributed by atoms with Crippen LogP contribution in [0.4, 0.5) is 0 Å². The van der Waals surface area contributed by atoms with E-state index in [4.69, 9.17) is 9.84 Å². The lowest BCUT2D eigenvalue weighted by Gasteiger charge is -2.16. The second kappa shape index (κ2) is 18.4. The highest BCUT2D eigenvalue weighted by molar-refractivity contribution is 9.11. The fraction of sp³-hybridized carbons (Fsp3) is 0.282.